The molecule has 2 aromatic rings. The molecule has 26 heavy (non-hydrogen) atoms. The number of hydrogen-bond acceptors (Lipinski definition) is 3. The van der Waals surface area contributed by atoms with Crippen molar-refractivity contribution in [2.45, 2.75) is 32.9 Å². The van der Waals surface area contributed by atoms with Gasteiger partial charge in [-0.25, -0.2) is 0 Å². The Bertz CT molecular complexity index is 806. The molecule has 3 rings (SSSR count). The molecule has 5 heteroatoms. The van der Waals surface area contributed by atoms with Gasteiger partial charge in [-0.2, -0.15) is 0 Å². The van der Waals surface area contributed by atoms with E-state index in [9.17, 15) is 9.59 Å². The summed E-state index contributed by atoms with van der Waals surface area (Å²) < 4.78 is 5.96. The molecule has 2 aromatic carbocycles. The number of para-hydroxylation sites is 2. The first-order valence-electron chi connectivity index (χ1n) is 8.94. The summed E-state index contributed by atoms with van der Waals surface area (Å²) in [5, 5.41) is 0. The van der Waals surface area contributed by atoms with Crippen LogP contribution in [-0.4, -0.2) is 35.4 Å². The Balaban J connectivity index is 1.93. The van der Waals surface area contributed by atoms with Gasteiger partial charge in [-0.05, 0) is 38.5 Å². The number of carbonyl (C=O) groups excluding carboxylic acids is 2. The van der Waals surface area contributed by atoms with E-state index in [1.807, 2.05) is 62.4 Å². The molecule has 0 N–H and O–H groups in total. The van der Waals surface area contributed by atoms with Crippen LogP contribution in [0.1, 0.15) is 26.3 Å². The predicted molar refractivity (Wildman–Crippen MR) is 101 cm³/mol. The van der Waals surface area contributed by atoms with Crippen LogP contribution in [0.15, 0.2) is 54.6 Å². The first-order chi connectivity index (χ1) is 12.5. The number of benzene rings is 2. The van der Waals surface area contributed by atoms with Crippen molar-refractivity contribution in [3.8, 4) is 5.75 Å². The van der Waals surface area contributed by atoms with Crippen LogP contribution in [0.5, 0.6) is 5.75 Å². The maximum absolute atomic E-state index is 13.3. The number of anilines is 1. The van der Waals surface area contributed by atoms with E-state index >= 15 is 0 Å². The lowest BCUT2D eigenvalue weighted by atomic mass is 9.98. The molecule has 1 atom stereocenters. The summed E-state index contributed by atoms with van der Waals surface area (Å²) in [5.41, 5.74) is 0.161. The van der Waals surface area contributed by atoms with E-state index in [1.165, 1.54) is 0 Å². The molecule has 2 amide bonds. The van der Waals surface area contributed by atoms with E-state index in [-0.39, 0.29) is 11.8 Å². The third kappa shape index (κ3) is 3.05. The van der Waals surface area contributed by atoms with Gasteiger partial charge in [0.15, 0.2) is 0 Å². The number of carbonyl (C=O) groups is 2. The largest absolute Gasteiger partial charge is 0.465 e. The van der Waals surface area contributed by atoms with Gasteiger partial charge in [0.05, 0.1) is 5.69 Å². The van der Waals surface area contributed by atoms with E-state index in [4.69, 9.17) is 4.74 Å². The maximum atomic E-state index is 13.3. The quantitative estimate of drug-likeness (QED) is 0.776. The van der Waals surface area contributed by atoms with Gasteiger partial charge in [0.25, 0.3) is 17.4 Å². The van der Waals surface area contributed by atoms with Gasteiger partial charge in [-0.3, -0.25) is 9.59 Å². The van der Waals surface area contributed by atoms with Crippen LogP contribution < -0.4 is 9.64 Å². The number of ether oxygens (including phenoxy) is 1. The smallest absolute Gasteiger partial charge is 0.280 e. The van der Waals surface area contributed by atoms with Crippen LogP contribution in [0, 0.1) is 0 Å². The highest BCUT2D eigenvalue weighted by molar-refractivity contribution is 6.16. The Labute approximate surface area is 154 Å². The van der Waals surface area contributed by atoms with Crippen LogP contribution in [0.4, 0.5) is 5.69 Å². The molecular weight excluding hydrogens is 328 g/mol. The number of likely N-dealkylation sites (N-methyl/N-ethyl adjacent to an activating group) is 2. The first-order valence-corrected chi connectivity index (χ1v) is 8.94. The number of fused-ring (bicyclic) bond motifs is 1. The minimum atomic E-state index is -1.56. The number of nitrogens with zero attached hydrogens (tertiary/aromatic N) is 2. The van der Waals surface area contributed by atoms with Crippen molar-refractivity contribution in [2.75, 3.05) is 18.0 Å². The normalized spacial score (nSPS) is 18.9. The molecule has 0 fully saturated rings. The molecule has 0 radical (unpaired) electrons. The van der Waals surface area contributed by atoms with Crippen LogP contribution in [0.2, 0.25) is 0 Å². The molecule has 1 unspecified atom stereocenters. The molecule has 1 aliphatic rings. The van der Waals surface area contributed by atoms with Crippen molar-refractivity contribution in [3.05, 3.63) is 60.2 Å². The van der Waals surface area contributed by atoms with Gasteiger partial charge in [-0.1, -0.05) is 42.5 Å². The second kappa shape index (κ2) is 7.20. The van der Waals surface area contributed by atoms with Gasteiger partial charge >= 0.3 is 0 Å². The fourth-order valence-corrected chi connectivity index (χ4v) is 3.28. The molecule has 0 aliphatic carbocycles. The first kappa shape index (κ1) is 18.0. The fraction of sp³-hybridized carbons (Fsp3) is 0.333. The Kier molecular flexibility index (Phi) is 4.98. The van der Waals surface area contributed by atoms with Gasteiger partial charge in [0, 0.05) is 19.6 Å². The monoisotopic (exact) mass is 352 g/mol. The molecule has 136 valence electrons. The lowest BCUT2D eigenvalue weighted by molar-refractivity contribution is -0.156. The van der Waals surface area contributed by atoms with Crippen molar-refractivity contribution in [2.24, 2.45) is 0 Å². The topological polar surface area (TPSA) is 49.9 Å². The van der Waals surface area contributed by atoms with Gasteiger partial charge in [0.1, 0.15) is 5.75 Å². The fourth-order valence-electron chi connectivity index (χ4n) is 3.28. The number of amides is 2. The molecule has 5 nitrogen and oxygen atoms in total. The average Bonchev–Trinajstić information content (AvgIpc) is 2.67. The Morgan fingerprint density at radius 1 is 1.08 bits per heavy atom. The Hall–Kier alpha value is -2.82. The van der Waals surface area contributed by atoms with Gasteiger partial charge in [-0.15, -0.1) is 0 Å². The van der Waals surface area contributed by atoms with E-state index in [0.29, 0.717) is 31.1 Å². The van der Waals surface area contributed by atoms with E-state index in [1.54, 1.807) is 22.8 Å². The van der Waals surface area contributed by atoms with Crippen molar-refractivity contribution < 1.29 is 14.3 Å². The molecule has 1 aliphatic heterocycles. The Morgan fingerprint density at radius 2 is 1.73 bits per heavy atom. The summed E-state index contributed by atoms with van der Waals surface area (Å²) >= 11 is 0. The molecule has 0 bridgehead atoms. The van der Waals surface area contributed by atoms with Crippen LogP contribution in [0.25, 0.3) is 0 Å². The summed E-state index contributed by atoms with van der Waals surface area (Å²) in [4.78, 5) is 29.7. The second-order valence-electron chi connectivity index (χ2n) is 6.46. The summed E-state index contributed by atoms with van der Waals surface area (Å²) in [6, 6.07) is 17.1. The van der Waals surface area contributed by atoms with Crippen molar-refractivity contribution >= 4 is 17.5 Å². The van der Waals surface area contributed by atoms with E-state index < -0.39 is 5.60 Å². The zero-order valence-corrected chi connectivity index (χ0v) is 15.4. The highest BCUT2D eigenvalue weighted by Crippen LogP contribution is 2.38. The van der Waals surface area contributed by atoms with Crippen LogP contribution in [-0.2, 0) is 16.1 Å². The van der Waals surface area contributed by atoms with Crippen LogP contribution in [0.3, 0.4) is 0 Å². The van der Waals surface area contributed by atoms with Crippen molar-refractivity contribution in [3.63, 3.8) is 0 Å². The molecule has 0 saturated heterocycles. The van der Waals surface area contributed by atoms with Gasteiger partial charge in [0.2, 0.25) is 0 Å². The minimum absolute atomic E-state index is 0.318. The third-order valence-electron chi connectivity index (χ3n) is 4.73. The lowest BCUT2D eigenvalue weighted by Crippen LogP contribution is -2.62. The van der Waals surface area contributed by atoms with Crippen molar-refractivity contribution in [1.29, 1.82) is 0 Å². The third-order valence-corrected chi connectivity index (χ3v) is 4.73. The predicted octanol–water partition coefficient (Wildman–Crippen LogP) is 3.24. The zero-order valence-electron chi connectivity index (χ0n) is 15.4. The van der Waals surface area contributed by atoms with E-state index in [2.05, 4.69) is 0 Å². The maximum Gasteiger partial charge on any atom is 0.280 e. The highest BCUT2D eigenvalue weighted by Gasteiger charge is 2.51. The summed E-state index contributed by atoms with van der Waals surface area (Å²) in [6.45, 7) is 6.79. The summed E-state index contributed by atoms with van der Waals surface area (Å²) in [7, 11) is 0. The zero-order chi connectivity index (χ0) is 18.7. The standard InChI is InChI=1S/C21H24N2O3/c1-4-22(15-16-11-7-6-8-12-16)19(24)21(3)20(25)23(5-2)17-13-9-10-14-18(17)26-21/h6-14H,4-5,15H2,1-3H3. The second-order valence-corrected chi connectivity index (χ2v) is 6.46. The van der Waals surface area contributed by atoms with Gasteiger partial charge < -0.3 is 14.5 Å². The highest BCUT2D eigenvalue weighted by atomic mass is 16.5. The van der Waals surface area contributed by atoms with Crippen molar-refractivity contribution in [1.82, 2.24) is 4.90 Å². The molecule has 1 heterocycles. The molecule has 0 aromatic heterocycles. The lowest BCUT2D eigenvalue weighted by Gasteiger charge is -2.41. The molecule has 0 spiro atoms. The number of rotatable bonds is 5. The number of hydrogen-bond donors (Lipinski definition) is 0. The SMILES string of the molecule is CCN(Cc1ccccc1)C(=O)C1(C)Oc2ccccc2N(CC)C1=O. The van der Waals surface area contributed by atoms with E-state index in [0.717, 1.165) is 5.56 Å². The van der Waals surface area contributed by atoms with Crippen LogP contribution >= 0.6 is 0 Å². The molecule has 0 saturated carbocycles. The Morgan fingerprint density at radius 3 is 2.38 bits per heavy atom. The summed E-state index contributed by atoms with van der Waals surface area (Å²) in [5.74, 6) is -0.0856. The average molecular weight is 352 g/mol. The minimum Gasteiger partial charge on any atom is -0.465 e. The molecular formula is C21H24N2O3. The summed E-state index contributed by atoms with van der Waals surface area (Å²) in [6.07, 6.45) is 0.